The van der Waals surface area contributed by atoms with Gasteiger partial charge in [0.1, 0.15) is 6.54 Å². The molecule has 0 saturated carbocycles. The lowest BCUT2D eigenvalue weighted by Crippen LogP contribution is -3.02. The number of para-hydroxylation sites is 1. The van der Waals surface area contributed by atoms with Gasteiger partial charge in [0.2, 0.25) is 5.82 Å². The quantitative estimate of drug-likeness (QED) is 0.620. The second-order valence-corrected chi connectivity index (χ2v) is 6.22. The van der Waals surface area contributed by atoms with E-state index in [1.54, 1.807) is 0 Å². The van der Waals surface area contributed by atoms with Crippen molar-refractivity contribution in [2.45, 2.75) is 6.54 Å². The molecule has 25 heavy (non-hydrogen) atoms. The Morgan fingerprint density at radius 1 is 0.720 bits per heavy atom. The summed E-state index contributed by atoms with van der Waals surface area (Å²) in [6.45, 7) is 0.885. The predicted molar refractivity (Wildman–Crippen MR) is 102 cm³/mol. The SMILES string of the molecule is C[NH+](Cc1ccccc1)c1nc(-c2ccccc2)nc2ccccc12. The molecular weight excluding hydrogens is 306 g/mol. The lowest BCUT2D eigenvalue weighted by Gasteiger charge is -2.15. The van der Waals surface area contributed by atoms with Crippen molar-refractivity contribution < 1.29 is 4.90 Å². The van der Waals surface area contributed by atoms with E-state index in [-0.39, 0.29) is 0 Å². The van der Waals surface area contributed by atoms with E-state index in [1.807, 2.05) is 36.4 Å². The molecule has 1 heterocycles. The average Bonchev–Trinajstić information content (AvgIpc) is 2.68. The van der Waals surface area contributed by atoms with Crippen LogP contribution in [0.4, 0.5) is 5.82 Å². The molecule has 3 heteroatoms. The van der Waals surface area contributed by atoms with Gasteiger partial charge in [-0.1, -0.05) is 72.8 Å². The Kier molecular flexibility index (Phi) is 4.23. The van der Waals surface area contributed by atoms with Gasteiger partial charge in [0.05, 0.1) is 18.0 Å². The van der Waals surface area contributed by atoms with Gasteiger partial charge in [0.25, 0.3) is 0 Å². The van der Waals surface area contributed by atoms with Crippen LogP contribution in [0.25, 0.3) is 22.3 Å². The highest BCUT2D eigenvalue weighted by Gasteiger charge is 2.17. The molecule has 0 aliphatic carbocycles. The number of quaternary nitrogens is 1. The number of rotatable bonds is 4. The van der Waals surface area contributed by atoms with Crippen LogP contribution in [0.15, 0.2) is 84.9 Å². The van der Waals surface area contributed by atoms with Crippen molar-refractivity contribution in [2.75, 3.05) is 7.05 Å². The zero-order chi connectivity index (χ0) is 17.1. The van der Waals surface area contributed by atoms with Gasteiger partial charge in [-0.3, -0.25) is 4.90 Å². The molecule has 3 nitrogen and oxygen atoms in total. The van der Waals surface area contributed by atoms with Crippen molar-refractivity contribution in [3.8, 4) is 11.4 Å². The maximum absolute atomic E-state index is 4.92. The van der Waals surface area contributed by atoms with E-state index in [9.17, 15) is 0 Å². The zero-order valence-corrected chi connectivity index (χ0v) is 14.2. The van der Waals surface area contributed by atoms with Crippen molar-refractivity contribution in [2.24, 2.45) is 0 Å². The summed E-state index contributed by atoms with van der Waals surface area (Å²) >= 11 is 0. The molecule has 122 valence electrons. The Morgan fingerprint density at radius 2 is 1.36 bits per heavy atom. The van der Waals surface area contributed by atoms with E-state index < -0.39 is 0 Å². The van der Waals surface area contributed by atoms with Crippen LogP contribution in [0.3, 0.4) is 0 Å². The highest BCUT2D eigenvalue weighted by atomic mass is 15.2. The van der Waals surface area contributed by atoms with E-state index in [1.165, 1.54) is 10.5 Å². The van der Waals surface area contributed by atoms with E-state index in [0.717, 1.165) is 34.7 Å². The molecule has 0 aliphatic rings. The van der Waals surface area contributed by atoms with E-state index >= 15 is 0 Å². The van der Waals surface area contributed by atoms with Crippen LogP contribution in [0.5, 0.6) is 0 Å². The minimum absolute atomic E-state index is 0.779. The van der Waals surface area contributed by atoms with Crippen LogP contribution < -0.4 is 4.90 Å². The summed E-state index contributed by atoms with van der Waals surface area (Å²) in [6, 6.07) is 28.9. The van der Waals surface area contributed by atoms with Gasteiger partial charge in [-0.25, -0.2) is 4.98 Å². The van der Waals surface area contributed by atoms with Gasteiger partial charge in [0, 0.05) is 11.1 Å². The number of nitrogens with one attached hydrogen (secondary N) is 1. The van der Waals surface area contributed by atoms with Gasteiger partial charge < -0.3 is 0 Å². The first-order valence-electron chi connectivity index (χ1n) is 8.50. The Labute approximate surface area is 147 Å². The van der Waals surface area contributed by atoms with Crippen molar-refractivity contribution in [3.05, 3.63) is 90.5 Å². The minimum atomic E-state index is 0.779. The number of aromatic nitrogens is 2. The molecule has 0 fully saturated rings. The molecular formula is C22H20N3+. The Balaban J connectivity index is 1.81. The van der Waals surface area contributed by atoms with Crippen LogP contribution >= 0.6 is 0 Å². The van der Waals surface area contributed by atoms with Crippen molar-refractivity contribution in [1.82, 2.24) is 9.97 Å². The third-order valence-electron chi connectivity index (χ3n) is 4.35. The molecule has 0 radical (unpaired) electrons. The van der Waals surface area contributed by atoms with E-state index in [2.05, 4.69) is 55.6 Å². The summed E-state index contributed by atoms with van der Waals surface area (Å²) < 4.78 is 0. The maximum Gasteiger partial charge on any atom is 0.237 e. The molecule has 0 saturated heterocycles. The third-order valence-corrected chi connectivity index (χ3v) is 4.35. The second-order valence-electron chi connectivity index (χ2n) is 6.22. The van der Waals surface area contributed by atoms with Crippen molar-refractivity contribution >= 4 is 16.7 Å². The van der Waals surface area contributed by atoms with Crippen molar-refractivity contribution in [1.29, 1.82) is 0 Å². The molecule has 1 unspecified atom stereocenters. The molecule has 1 N–H and O–H groups in total. The average molecular weight is 326 g/mol. The standard InChI is InChI=1S/C22H19N3/c1-25(16-17-10-4-2-5-11-17)22-19-14-8-9-15-20(19)23-21(24-22)18-12-6-3-7-13-18/h2-15H,16H2,1H3/p+1. The predicted octanol–water partition coefficient (Wildman–Crippen LogP) is 3.64. The highest BCUT2D eigenvalue weighted by Crippen LogP contribution is 2.22. The Hall–Kier alpha value is -3.04. The molecule has 4 rings (SSSR count). The molecule has 0 spiro atoms. The van der Waals surface area contributed by atoms with E-state index in [0.29, 0.717) is 0 Å². The number of fused-ring (bicyclic) bond motifs is 1. The van der Waals surface area contributed by atoms with Crippen LogP contribution in [0.1, 0.15) is 5.56 Å². The number of nitrogens with zero attached hydrogens (tertiary/aromatic N) is 2. The van der Waals surface area contributed by atoms with Gasteiger partial charge in [0.15, 0.2) is 5.82 Å². The summed E-state index contributed by atoms with van der Waals surface area (Å²) in [5.41, 5.74) is 3.32. The first-order chi connectivity index (χ1) is 12.3. The first-order valence-corrected chi connectivity index (χ1v) is 8.50. The minimum Gasteiger partial charge on any atom is -0.284 e. The number of hydrogen-bond acceptors (Lipinski definition) is 2. The maximum atomic E-state index is 4.92. The smallest absolute Gasteiger partial charge is 0.237 e. The Bertz CT molecular complexity index is 982. The zero-order valence-electron chi connectivity index (χ0n) is 14.2. The number of hydrogen-bond donors (Lipinski definition) is 1. The van der Waals surface area contributed by atoms with Crippen molar-refractivity contribution in [3.63, 3.8) is 0 Å². The lowest BCUT2D eigenvalue weighted by atomic mass is 10.1. The largest absolute Gasteiger partial charge is 0.284 e. The summed E-state index contributed by atoms with van der Waals surface area (Å²) in [7, 11) is 2.16. The molecule has 0 bridgehead atoms. The monoisotopic (exact) mass is 326 g/mol. The normalized spacial score (nSPS) is 12.2. The lowest BCUT2D eigenvalue weighted by molar-refractivity contribution is -0.826. The number of benzene rings is 3. The third kappa shape index (κ3) is 3.28. The van der Waals surface area contributed by atoms with Crippen LogP contribution in [-0.2, 0) is 6.54 Å². The first kappa shape index (κ1) is 15.5. The summed E-state index contributed by atoms with van der Waals surface area (Å²) in [5.74, 6) is 1.81. The molecule has 0 aliphatic heterocycles. The second kappa shape index (κ2) is 6.83. The fourth-order valence-electron chi connectivity index (χ4n) is 3.10. The fraction of sp³-hybridized carbons (Fsp3) is 0.0909. The topological polar surface area (TPSA) is 30.2 Å². The summed E-state index contributed by atoms with van der Waals surface area (Å²) in [5, 5.41) is 1.11. The fourth-order valence-corrected chi connectivity index (χ4v) is 3.10. The van der Waals surface area contributed by atoms with Gasteiger partial charge in [-0.05, 0) is 12.1 Å². The molecule has 4 aromatic rings. The summed E-state index contributed by atoms with van der Waals surface area (Å²) in [6.07, 6.45) is 0. The van der Waals surface area contributed by atoms with E-state index in [4.69, 9.17) is 9.97 Å². The van der Waals surface area contributed by atoms with Gasteiger partial charge >= 0.3 is 0 Å². The molecule has 3 aromatic carbocycles. The summed E-state index contributed by atoms with van der Waals surface area (Å²) in [4.78, 5) is 10.9. The van der Waals surface area contributed by atoms with Gasteiger partial charge in [-0.2, -0.15) is 4.98 Å². The molecule has 1 atom stereocenters. The highest BCUT2D eigenvalue weighted by molar-refractivity contribution is 5.87. The van der Waals surface area contributed by atoms with Crippen LogP contribution in [0, 0.1) is 0 Å². The van der Waals surface area contributed by atoms with Gasteiger partial charge in [-0.15, -0.1) is 0 Å². The Morgan fingerprint density at radius 3 is 2.12 bits per heavy atom. The van der Waals surface area contributed by atoms with Crippen LogP contribution in [0.2, 0.25) is 0 Å². The molecule has 1 aromatic heterocycles. The van der Waals surface area contributed by atoms with Crippen LogP contribution in [-0.4, -0.2) is 17.0 Å². The molecule has 0 amide bonds.